The van der Waals surface area contributed by atoms with E-state index >= 15 is 0 Å². The number of rotatable bonds is 6. The Balaban J connectivity index is 1.75. The molecule has 0 atom stereocenters. The third-order valence-electron chi connectivity index (χ3n) is 4.58. The minimum Gasteiger partial charge on any atom is -0.493 e. The van der Waals surface area contributed by atoms with Gasteiger partial charge in [-0.15, -0.1) is 0 Å². The molecule has 0 aliphatic carbocycles. The number of nitrogens with zero attached hydrogens (tertiary/aromatic N) is 1. The topological polar surface area (TPSA) is 138 Å². The third kappa shape index (κ3) is 4.53. The Hall–Kier alpha value is -4.21. The lowest BCUT2D eigenvalue weighted by Gasteiger charge is -2.09. The molecule has 2 aromatic carbocycles. The summed E-state index contributed by atoms with van der Waals surface area (Å²) in [6, 6.07) is 8.94. The lowest BCUT2D eigenvalue weighted by Crippen LogP contribution is -2.24. The van der Waals surface area contributed by atoms with E-state index in [0.29, 0.717) is 16.7 Å². The van der Waals surface area contributed by atoms with Crippen LogP contribution in [0.2, 0.25) is 0 Å². The van der Waals surface area contributed by atoms with Crippen LogP contribution in [0, 0.1) is 24.0 Å². The summed E-state index contributed by atoms with van der Waals surface area (Å²) in [6.07, 6.45) is 0. The highest BCUT2D eigenvalue weighted by Crippen LogP contribution is 2.28. The van der Waals surface area contributed by atoms with Gasteiger partial charge in [-0.1, -0.05) is 12.1 Å². The van der Waals surface area contributed by atoms with Crippen molar-refractivity contribution in [1.82, 2.24) is 0 Å². The molecule has 0 aliphatic rings. The van der Waals surface area contributed by atoms with Crippen molar-refractivity contribution in [2.45, 2.75) is 13.8 Å². The summed E-state index contributed by atoms with van der Waals surface area (Å²) >= 11 is 0. The Morgan fingerprint density at radius 2 is 1.87 bits per heavy atom. The number of ether oxygens (including phenoxy) is 2. The molecule has 160 valence electrons. The number of fused-ring (bicyclic) bond motifs is 1. The molecule has 1 heterocycles. The van der Waals surface area contributed by atoms with Crippen LogP contribution in [0.25, 0.3) is 11.0 Å². The second kappa shape index (κ2) is 8.66. The van der Waals surface area contributed by atoms with Crippen molar-refractivity contribution in [3.05, 3.63) is 73.6 Å². The molecule has 0 fully saturated rings. The summed E-state index contributed by atoms with van der Waals surface area (Å²) < 4.78 is 15.1. The fourth-order valence-electron chi connectivity index (χ4n) is 2.87. The van der Waals surface area contributed by atoms with Crippen LogP contribution in [0.1, 0.15) is 21.5 Å². The summed E-state index contributed by atoms with van der Waals surface area (Å²) in [5.41, 5.74) is -0.0551. The van der Waals surface area contributed by atoms with Crippen LogP contribution >= 0.6 is 0 Å². The quantitative estimate of drug-likeness (QED) is 0.275. The molecule has 1 N–H and O–H groups in total. The van der Waals surface area contributed by atoms with Crippen molar-refractivity contribution in [2.75, 3.05) is 19.0 Å². The van der Waals surface area contributed by atoms with Gasteiger partial charge in [-0.05, 0) is 43.2 Å². The average molecular weight is 426 g/mol. The predicted octanol–water partition coefficient (Wildman–Crippen LogP) is 3.12. The Morgan fingerprint density at radius 1 is 1.16 bits per heavy atom. The number of benzene rings is 2. The number of nitrogens with one attached hydrogen (secondary N) is 1. The summed E-state index contributed by atoms with van der Waals surface area (Å²) in [4.78, 5) is 47.2. The molecule has 0 aliphatic heterocycles. The maximum absolute atomic E-state index is 12.3. The van der Waals surface area contributed by atoms with Crippen LogP contribution < -0.4 is 15.7 Å². The second-order valence-corrected chi connectivity index (χ2v) is 6.66. The normalized spacial score (nSPS) is 10.5. The summed E-state index contributed by atoms with van der Waals surface area (Å²) in [6.45, 7) is 2.70. The van der Waals surface area contributed by atoms with Crippen molar-refractivity contribution in [3.63, 3.8) is 0 Å². The highest BCUT2D eigenvalue weighted by molar-refractivity contribution is 5.98. The zero-order valence-electron chi connectivity index (χ0n) is 16.9. The first kappa shape index (κ1) is 21.5. The van der Waals surface area contributed by atoms with Crippen molar-refractivity contribution < 1.29 is 28.4 Å². The monoisotopic (exact) mass is 426 g/mol. The van der Waals surface area contributed by atoms with Crippen LogP contribution in [0.4, 0.5) is 11.4 Å². The summed E-state index contributed by atoms with van der Waals surface area (Å²) in [7, 11) is 1.41. The molecular formula is C21H18N2O8. The zero-order valence-corrected chi connectivity index (χ0v) is 16.9. The molecule has 3 aromatic rings. The first-order chi connectivity index (χ1) is 14.7. The first-order valence-electron chi connectivity index (χ1n) is 9.04. The molecule has 3 rings (SSSR count). The molecule has 0 spiro atoms. The first-order valence-corrected chi connectivity index (χ1v) is 9.04. The molecule has 0 saturated heterocycles. The molecule has 0 bridgehead atoms. The van der Waals surface area contributed by atoms with Gasteiger partial charge in [-0.3, -0.25) is 14.9 Å². The van der Waals surface area contributed by atoms with E-state index in [2.05, 4.69) is 5.32 Å². The van der Waals surface area contributed by atoms with Gasteiger partial charge >= 0.3 is 11.6 Å². The minimum atomic E-state index is -1.07. The van der Waals surface area contributed by atoms with E-state index < -0.39 is 34.6 Å². The Labute approximate surface area is 175 Å². The van der Waals surface area contributed by atoms with Crippen molar-refractivity contribution in [2.24, 2.45) is 0 Å². The fraction of sp³-hybridized carbons (Fsp3) is 0.190. The van der Waals surface area contributed by atoms with Crippen LogP contribution in [-0.2, 0) is 9.53 Å². The molecule has 0 radical (unpaired) electrons. The lowest BCUT2D eigenvalue weighted by molar-refractivity contribution is -0.384. The lowest BCUT2D eigenvalue weighted by atomic mass is 10.1. The van der Waals surface area contributed by atoms with Gasteiger partial charge in [0.2, 0.25) is 0 Å². The Bertz CT molecular complexity index is 1260. The molecule has 1 aromatic heterocycles. The number of hydrogen-bond acceptors (Lipinski definition) is 8. The second-order valence-electron chi connectivity index (χ2n) is 6.66. The molecule has 10 heteroatoms. The standard InChI is InChI=1S/C21H18N2O8/c1-11-7-15(16(23(27)28)8-12(11)2)22-18(24)10-30-20(25)14-9-13-5-4-6-17(29-3)19(13)31-21(14)26/h4-9H,10H2,1-3H3,(H,22,24). The van der Waals surface area contributed by atoms with Gasteiger partial charge in [0, 0.05) is 11.5 Å². The number of nitro benzene ring substituents is 1. The molecule has 31 heavy (non-hydrogen) atoms. The molecule has 0 unspecified atom stereocenters. The third-order valence-corrected chi connectivity index (χ3v) is 4.58. The van der Waals surface area contributed by atoms with E-state index in [4.69, 9.17) is 13.9 Å². The van der Waals surface area contributed by atoms with E-state index in [1.54, 1.807) is 32.0 Å². The van der Waals surface area contributed by atoms with Gasteiger partial charge in [0.05, 0.1) is 12.0 Å². The smallest absolute Gasteiger partial charge is 0.351 e. The summed E-state index contributed by atoms with van der Waals surface area (Å²) in [5.74, 6) is -1.54. The Kier molecular flexibility index (Phi) is 6.00. The maximum Gasteiger partial charge on any atom is 0.351 e. The van der Waals surface area contributed by atoms with E-state index in [-0.39, 0.29) is 17.0 Å². The highest BCUT2D eigenvalue weighted by atomic mass is 16.6. The van der Waals surface area contributed by atoms with Gasteiger partial charge in [-0.2, -0.15) is 0 Å². The number of esters is 1. The zero-order chi connectivity index (χ0) is 22.7. The van der Waals surface area contributed by atoms with E-state index in [9.17, 15) is 24.5 Å². The SMILES string of the molecule is COc1cccc2cc(C(=O)OCC(=O)Nc3cc(C)c(C)cc3[N+](=O)[O-])c(=O)oc12. The predicted molar refractivity (Wildman–Crippen MR) is 111 cm³/mol. The average Bonchev–Trinajstić information content (AvgIpc) is 2.73. The van der Waals surface area contributed by atoms with Gasteiger partial charge < -0.3 is 19.2 Å². The number of aryl methyl sites for hydroxylation is 2. The van der Waals surface area contributed by atoms with Crippen molar-refractivity contribution >= 4 is 34.2 Å². The largest absolute Gasteiger partial charge is 0.493 e. The summed E-state index contributed by atoms with van der Waals surface area (Å²) in [5, 5.41) is 14.0. The molecule has 10 nitrogen and oxygen atoms in total. The van der Waals surface area contributed by atoms with Crippen LogP contribution in [0.5, 0.6) is 5.75 Å². The Morgan fingerprint density at radius 3 is 2.55 bits per heavy atom. The number of nitro groups is 1. The number of anilines is 1. The molecule has 0 saturated carbocycles. The minimum absolute atomic E-state index is 0.0218. The fourth-order valence-corrected chi connectivity index (χ4v) is 2.87. The number of methoxy groups -OCH3 is 1. The van der Waals surface area contributed by atoms with Gasteiger partial charge in [0.15, 0.2) is 17.9 Å². The molecular weight excluding hydrogens is 408 g/mol. The van der Waals surface area contributed by atoms with E-state index in [1.165, 1.54) is 25.3 Å². The number of hydrogen-bond donors (Lipinski definition) is 1. The van der Waals surface area contributed by atoms with Crippen molar-refractivity contribution in [3.8, 4) is 5.75 Å². The number of carbonyl (C=O) groups excluding carboxylic acids is 2. The van der Waals surface area contributed by atoms with Crippen LogP contribution in [0.3, 0.4) is 0 Å². The number of amides is 1. The van der Waals surface area contributed by atoms with E-state index in [1.807, 2.05) is 0 Å². The van der Waals surface area contributed by atoms with Gasteiger partial charge in [-0.25, -0.2) is 9.59 Å². The maximum atomic E-state index is 12.3. The number of para-hydroxylation sites is 1. The molecule has 1 amide bonds. The van der Waals surface area contributed by atoms with Gasteiger partial charge in [0.1, 0.15) is 11.3 Å². The van der Waals surface area contributed by atoms with Crippen LogP contribution in [-0.4, -0.2) is 30.5 Å². The van der Waals surface area contributed by atoms with Crippen molar-refractivity contribution in [1.29, 1.82) is 0 Å². The van der Waals surface area contributed by atoms with Gasteiger partial charge in [0.25, 0.3) is 11.6 Å². The highest BCUT2D eigenvalue weighted by Gasteiger charge is 2.20. The van der Waals surface area contributed by atoms with Crippen LogP contribution in [0.15, 0.2) is 45.6 Å². The van der Waals surface area contributed by atoms with E-state index in [0.717, 1.165) is 5.56 Å². The number of carbonyl (C=O) groups is 2.